The third-order valence-electron chi connectivity index (χ3n) is 2.82. The van der Waals surface area contributed by atoms with E-state index in [1.54, 1.807) is 23.4 Å². The fourth-order valence-electron chi connectivity index (χ4n) is 1.85. The van der Waals surface area contributed by atoms with E-state index < -0.39 is 0 Å². The molecule has 1 amide bonds. The van der Waals surface area contributed by atoms with Gasteiger partial charge in [-0.1, -0.05) is 30.0 Å². The number of amides is 1. The lowest BCUT2D eigenvalue weighted by Crippen LogP contribution is -2.36. The Hall–Kier alpha value is -1.88. The number of rotatable bonds is 5. The molecule has 1 unspecified atom stereocenters. The average Bonchev–Trinajstić information content (AvgIpc) is 2.50. The molecular formula is C15H17N3OS. The number of hydrogen-bond donors (Lipinski definition) is 0. The second-order valence-corrected chi connectivity index (χ2v) is 5.52. The Bertz CT molecular complexity index is 548. The average molecular weight is 287 g/mol. The molecule has 104 valence electrons. The third-order valence-corrected chi connectivity index (χ3v) is 3.80. The van der Waals surface area contributed by atoms with Gasteiger partial charge in [0.05, 0.1) is 5.25 Å². The molecule has 0 saturated carbocycles. The summed E-state index contributed by atoms with van der Waals surface area (Å²) in [6.45, 7) is 4.50. The topological polar surface area (TPSA) is 46.1 Å². The molecule has 4 nitrogen and oxygen atoms in total. The van der Waals surface area contributed by atoms with E-state index in [0.29, 0.717) is 11.7 Å². The van der Waals surface area contributed by atoms with Crippen LogP contribution in [0.4, 0.5) is 5.69 Å². The molecule has 2 aromatic rings. The summed E-state index contributed by atoms with van der Waals surface area (Å²) in [5.41, 5.74) is 0.918. The van der Waals surface area contributed by atoms with Gasteiger partial charge in [0.2, 0.25) is 5.91 Å². The molecule has 1 atom stereocenters. The van der Waals surface area contributed by atoms with Gasteiger partial charge in [-0.3, -0.25) is 4.79 Å². The van der Waals surface area contributed by atoms with Gasteiger partial charge < -0.3 is 4.90 Å². The van der Waals surface area contributed by atoms with Gasteiger partial charge >= 0.3 is 0 Å². The maximum atomic E-state index is 12.5. The number of aromatic nitrogens is 2. The quantitative estimate of drug-likeness (QED) is 0.626. The van der Waals surface area contributed by atoms with Crippen molar-refractivity contribution in [2.75, 3.05) is 11.4 Å². The van der Waals surface area contributed by atoms with Crippen molar-refractivity contribution in [2.24, 2.45) is 0 Å². The molecule has 1 aromatic heterocycles. The Morgan fingerprint density at radius 3 is 2.45 bits per heavy atom. The van der Waals surface area contributed by atoms with Crippen molar-refractivity contribution in [1.29, 1.82) is 0 Å². The highest BCUT2D eigenvalue weighted by Crippen LogP contribution is 2.23. The fourth-order valence-corrected chi connectivity index (χ4v) is 2.64. The normalized spacial score (nSPS) is 11.9. The maximum Gasteiger partial charge on any atom is 0.240 e. The van der Waals surface area contributed by atoms with Crippen LogP contribution in [0.3, 0.4) is 0 Å². The van der Waals surface area contributed by atoms with Gasteiger partial charge in [0.15, 0.2) is 5.16 Å². The van der Waals surface area contributed by atoms with E-state index in [2.05, 4.69) is 9.97 Å². The van der Waals surface area contributed by atoms with Gasteiger partial charge in [-0.15, -0.1) is 0 Å². The number of anilines is 1. The first-order valence-corrected chi connectivity index (χ1v) is 7.40. The van der Waals surface area contributed by atoms with Gasteiger partial charge in [0, 0.05) is 24.6 Å². The minimum atomic E-state index is -0.224. The Kier molecular flexibility index (Phi) is 5.12. The Labute approximate surface area is 123 Å². The maximum absolute atomic E-state index is 12.5. The zero-order valence-corrected chi connectivity index (χ0v) is 12.4. The van der Waals surface area contributed by atoms with Gasteiger partial charge in [0.1, 0.15) is 0 Å². The van der Waals surface area contributed by atoms with Crippen LogP contribution in [-0.2, 0) is 4.79 Å². The molecular weight excluding hydrogens is 270 g/mol. The molecule has 0 N–H and O–H groups in total. The highest BCUT2D eigenvalue weighted by atomic mass is 32.2. The molecule has 0 aliphatic carbocycles. The molecule has 1 heterocycles. The predicted molar refractivity (Wildman–Crippen MR) is 81.8 cm³/mol. The number of benzene rings is 1. The van der Waals surface area contributed by atoms with Crippen molar-refractivity contribution in [1.82, 2.24) is 9.97 Å². The summed E-state index contributed by atoms with van der Waals surface area (Å²) in [5, 5.41) is 0.398. The number of thioether (sulfide) groups is 1. The summed E-state index contributed by atoms with van der Waals surface area (Å²) < 4.78 is 0. The van der Waals surface area contributed by atoms with Crippen LogP contribution in [0.25, 0.3) is 0 Å². The highest BCUT2D eigenvalue weighted by molar-refractivity contribution is 8.00. The Balaban J connectivity index is 2.09. The van der Waals surface area contributed by atoms with Crippen LogP contribution in [0.2, 0.25) is 0 Å². The highest BCUT2D eigenvalue weighted by Gasteiger charge is 2.22. The van der Waals surface area contributed by atoms with Crippen LogP contribution in [0.1, 0.15) is 13.8 Å². The van der Waals surface area contributed by atoms with Gasteiger partial charge in [-0.2, -0.15) is 0 Å². The minimum absolute atomic E-state index is 0.0659. The SMILES string of the molecule is CCN(C(=O)C(C)Sc1ncccn1)c1ccccc1. The van der Waals surface area contributed by atoms with Crippen molar-refractivity contribution < 1.29 is 4.79 Å². The molecule has 0 aliphatic heterocycles. The summed E-state index contributed by atoms with van der Waals surface area (Å²) >= 11 is 1.38. The Morgan fingerprint density at radius 2 is 1.85 bits per heavy atom. The number of carbonyl (C=O) groups is 1. The Morgan fingerprint density at radius 1 is 1.20 bits per heavy atom. The molecule has 0 radical (unpaired) electrons. The summed E-state index contributed by atoms with van der Waals surface area (Å²) in [5.74, 6) is 0.0659. The number of nitrogens with zero attached hydrogens (tertiary/aromatic N) is 3. The first-order valence-electron chi connectivity index (χ1n) is 6.52. The van der Waals surface area contributed by atoms with E-state index >= 15 is 0 Å². The zero-order chi connectivity index (χ0) is 14.4. The zero-order valence-electron chi connectivity index (χ0n) is 11.6. The smallest absolute Gasteiger partial charge is 0.240 e. The lowest BCUT2D eigenvalue weighted by atomic mass is 10.2. The van der Waals surface area contributed by atoms with Gasteiger partial charge in [0.25, 0.3) is 0 Å². The van der Waals surface area contributed by atoms with Crippen molar-refractivity contribution >= 4 is 23.4 Å². The van der Waals surface area contributed by atoms with E-state index in [0.717, 1.165) is 5.69 Å². The standard InChI is InChI=1S/C15H17N3OS/c1-3-18(13-8-5-4-6-9-13)14(19)12(2)20-15-16-10-7-11-17-15/h4-12H,3H2,1-2H3. The van der Waals surface area contributed by atoms with Crippen molar-refractivity contribution in [3.8, 4) is 0 Å². The molecule has 0 spiro atoms. The van der Waals surface area contributed by atoms with E-state index in [1.165, 1.54) is 11.8 Å². The molecule has 1 aromatic carbocycles. The van der Waals surface area contributed by atoms with Crippen LogP contribution < -0.4 is 4.90 Å². The molecule has 0 aliphatic rings. The van der Waals surface area contributed by atoms with E-state index in [4.69, 9.17) is 0 Å². The van der Waals surface area contributed by atoms with Gasteiger partial charge in [-0.05, 0) is 32.0 Å². The molecule has 20 heavy (non-hydrogen) atoms. The molecule has 0 fully saturated rings. The molecule has 2 rings (SSSR count). The predicted octanol–water partition coefficient (Wildman–Crippen LogP) is 3.01. The van der Waals surface area contributed by atoms with Crippen molar-refractivity contribution in [3.63, 3.8) is 0 Å². The minimum Gasteiger partial charge on any atom is -0.312 e. The second-order valence-electron chi connectivity index (χ2n) is 4.21. The van der Waals surface area contributed by atoms with Crippen LogP contribution in [-0.4, -0.2) is 27.7 Å². The van der Waals surface area contributed by atoms with Crippen LogP contribution in [0, 0.1) is 0 Å². The fraction of sp³-hybridized carbons (Fsp3) is 0.267. The first kappa shape index (κ1) is 14.5. The molecule has 0 saturated heterocycles. The summed E-state index contributed by atoms with van der Waals surface area (Å²) in [6.07, 6.45) is 3.36. The van der Waals surface area contributed by atoms with Gasteiger partial charge in [-0.25, -0.2) is 9.97 Å². The monoisotopic (exact) mass is 287 g/mol. The second kappa shape index (κ2) is 7.05. The molecule has 0 bridgehead atoms. The third kappa shape index (κ3) is 3.57. The van der Waals surface area contributed by atoms with E-state index in [1.807, 2.05) is 44.2 Å². The number of para-hydroxylation sites is 1. The van der Waals surface area contributed by atoms with Crippen LogP contribution in [0.5, 0.6) is 0 Å². The largest absolute Gasteiger partial charge is 0.312 e. The van der Waals surface area contributed by atoms with Crippen molar-refractivity contribution in [3.05, 3.63) is 48.8 Å². The number of carbonyl (C=O) groups excluding carboxylic acids is 1. The first-order chi connectivity index (χ1) is 9.72. The summed E-state index contributed by atoms with van der Waals surface area (Å²) in [6, 6.07) is 11.5. The van der Waals surface area contributed by atoms with E-state index in [-0.39, 0.29) is 11.2 Å². The van der Waals surface area contributed by atoms with Crippen molar-refractivity contribution in [2.45, 2.75) is 24.3 Å². The lowest BCUT2D eigenvalue weighted by Gasteiger charge is -2.23. The summed E-state index contributed by atoms with van der Waals surface area (Å²) in [4.78, 5) is 22.6. The lowest BCUT2D eigenvalue weighted by molar-refractivity contribution is -0.117. The van der Waals surface area contributed by atoms with Crippen LogP contribution >= 0.6 is 11.8 Å². The van der Waals surface area contributed by atoms with Crippen LogP contribution in [0.15, 0.2) is 53.9 Å². The summed E-state index contributed by atoms with van der Waals surface area (Å²) in [7, 11) is 0. The molecule has 5 heteroatoms. The van der Waals surface area contributed by atoms with E-state index in [9.17, 15) is 4.79 Å². The number of hydrogen-bond acceptors (Lipinski definition) is 4.